The molecule has 0 saturated carbocycles. The van der Waals surface area contributed by atoms with Crippen molar-refractivity contribution in [3.63, 3.8) is 0 Å². The van der Waals surface area contributed by atoms with E-state index in [2.05, 4.69) is 36.0 Å². The van der Waals surface area contributed by atoms with Crippen LogP contribution < -0.4 is 0 Å². The maximum atomic E-state index is 13.2. The van der Waals surface area contributed by atoms with E-state index in [9.17, 15) is 4.79 Å². The van der Waals surface area contributed by atoms with Crippen LogP contribution in [0.3, 0.4) is 0 Å². The van der Waals surface area contributed by atoms with Crippen LogP contribution in [0.4, 0.5) is 0 Å². The third-order valence-corrected chi connectivity index (χ3v) is 6.56. The molecule has 0 spiro atoms. The van der Waals surface area contributed by atoms with Gasteiger partial charge >= 0.3 is 0 Å². The van der Waals surface area contributed by atoms with E-state index in [0.29, 0.717) is 6.54 Å². The largest absolute Gasteiger partial charge is 0.336 e. The van der Waals surface area contributed by atoms with Gasteiger partial charge in [0.05, 0.1) is 17.9 Å². The van der Waals surface area contributed by atoms with E-state index in [1.165, 1.54) is 11.3 Å². The number of benzene rings is 2. The maximum Gasteiger partial charge on any atom is 0.253 e. The van der Waals surface area contributed by atoms with E-state index < -0.39 is 0 Å². The van der Waals surface area contributed by atoms with Crippen molar-refractivity contribution >= 4 is 5.91 Å². The Bertz CT molecular complexity index is 1250. The highest BCUT2D eigenvalue weighted by molar-refractivity contribution is 5.94. The number of para-hydroxylation sites is 1. The lowest BCUT2D eigenvalue weighted by Gasteiger charge is -2.35. The summed E-state index contributed by atoms with van der Waals surface area (Å²) in [5, 5.41) is 9.04. The average molecular weight is 455 g/mol. The molecule has 7 heteroatoms. The third kappa shape index (κ3) is 4.65. The second-order valence-electron chi connectivity index (χ2n) is 8.87. The number of aromatic nitrogens is 4. The quantitative estimate of drug-likeness (QED) is 0.446. The lowest BCUT2D eigenvalue weighted by Crippen LogP contribution is -2.48. The fraction of sp³-hybridized carbons (Fsp3) is 0.296. The Hall–Kier alpha value is -3.71. The Kier molecular flexibility index (Phi) is 6.27. The lowest BCUT2D eigenvalue weighted by molar-refractivity contribution is 0.0628. The molecule has 1 fully saturated rings. The summed E-state index contributed by atoms with van der Waals surface area (Å²) < 4.78 is 3.90. The fourth-order valence-corrected chi connectivity index (χ4v) is 4.62. The minimum Gasteiger partial charge on any atom is -0.336 e. The number of rotatable bonds is 6. The Morgan fingerprint density at radius 1 is 0.912 bits per heavy atom. The van der Waals surface area contributed by atoms with Crippen molar-refractivity contribution in [2.75, 3.05) is 26.2 Å². The van der Waals surface area contributed by atoms with Crippen LogP contribution in [0.5, 0.6) is 0 Å². The lowest BCUT2D eigenvalue weighted by atomic mass is 10.1. The number of piperazine rings is 1. The monoisotopic (exact) mass is 454 g/mol. The summed E-state index contributed by atoms with van der Waals surface area (Å²) in [5.41, 5.74) is 6.42. The van der Waals surface area contributed by atoms with Crippen LogP contribution in [0.25, 0.3) is 5.69 Å². The standard InChI is InChI=1S/C27H30N6O/c1-21-26(22(2)33(29-21)25-10-4-3-5-11-25)20-30-14-16-31(17-15-30)27(34)24-9-6-8-23(18-24)19-32-13-7-12-28-32/h3-13,18H,14-17,19-20H2,1-2H3. The molecule has 1 saturated heterocycles. The van der Waals surface area contributed by atoms with Gasteiger partial charge in [-0.25, -0.2) is 4.68 Å². The summed E-state index contributed by atoms with van der Waals surface area (Å²) in [6, 6.07) is 20.1. The Labute approximate surface area is 200 Å². The molecule has 1 aliphatic heterocycles. The predicted molar refractivity (Wildman–Crippen MR) is 132 cm³/mol. The first-order valence-electron chi connectivity index (χ1n) is 11.8. The maximum absolute atomic E-state index is 13.2. The Morgan fingerprint density at radius 2 is 1.71 bits per heavy atom. The van der Waals surface area contributed by atoms with Gasteiger partial charge < -0.3 is 4.90 Å². The van der Waals surface area contributed by atoms with Crippen molar-refractivity contribution in [1.82, 2.24) is 29.4 Å². The van der Waals surface area contributed by atoms with Crippen molar-refractivity contribution < 1.29 is 4.79 Å². The fourth-order valence-electron chi connectivity index (χ4n) is 4.62. The molecule has 0 aliphatic carbocycles. The molecule has 34 heavy (non-hydrogen) atoms. The normalized spacial score (nSPS) is 14.5. The highest BCUT2D eigenvalue weighted by Gasteiger charge is 2.24. The topological polar surface area (TPSA) is 59.2 Å². The van der Waals surface area contributed by atoms with Crippen LogP contribution in [-0.4, -0.2) is 61.4 Å². The van der Waals surface area contributed by atoms with Gasteiger partial charge in [0.2, 0.25) is 0 Å². The van der Waals surface area contributed by atoms with Crippen LogP contribution in [0, 0.1) is 13.8 Å². The number of nitrogens with zero attached hydrogens (tertiary/aromatic N) is 6. The van der Waals surface area contributed by atoms with Crippen LogP contribution in [0.2, 0.25) is 0 Å². The molecular weight excluding hydrogens is 424 g/mol. The zero-order valence-corrected chi connectivity index (χ0v) is 19.8. The summed E-state index contributed by atoms with van der Waals surface area (Å²) in [6.45, 7) is 8.90. The van der Waals surface area contributed by atoms with E-state index in [1.54, 1.807) is 6.20 Å². The summed E-state index contributed by atoms with van der Waals surface area (Å²) in [4.78, 5) is 17.5. The van der Waals surface area contributed by atoms with Crippen LogP contribution in [0.15, 0.2) is 73.1 Å². The van der Waals surface area contributed by atoms with Crippen molar-refractivity contribution in [2.45, 2.75) is 26.9 Å². The highest BCUT2D eigenvalue weighted by Crippen LogP contribution is 2.21. The molecule has 0 unspecified atom stereocenters. The Balaban J connectivity index is 1.21. The summed E-state index contributed by atoms with van der Waals surface area (Å²) in [6.07, 6.45) is 3.70. The van der Waals surface area contributed by atoms with E-state index in [4.69, 9.17) is 5.10 Å². The van der Waals surface area contributed by atoms with Gasteiger partial charge in [0, 0.05) is 61.9 Å². The molecule has 174 valence electrons. The molecule has 0 bridgehead atoms. The molecule has 4 aromatic rings. The van der Waals surface area contributed by atoms with Gasteiger partial charge in [0.25, 0.3) is 5.91 Å². The van der Waals surface area contributed by atoms with E-state index in [-0.39, 0.29) is 5.91 Å². The smallest absolute Gasteiger partial charge is 0.253 e. The Morgan fingerprint density at radius 3 is 2.44 bits per heavy atom. The average Bonchev–Trinajstić information content (AvgIpc) is 3.48. The molecule has 0 atom stereocenters. The van der Waals surface area contributed by atoms with Crippen molar-refractivity contribution in [3.05, 3.63) is 101 Å². The van der Waals surface area contributed by atoms with E-state index >= 15 is 0 Å². The van der Waals surface area contributed by atoms with Gasteiger partial charge in [-0.05, 0) is 49.7 Å². The zero-order chi connectivity index (χ0) is 23.5. The first-order valence-corrected chi connectivity index (χ1v) is 11.8. The minimum atomic E-state index is 0.103. The van der Waals surface area contributed by atoms with Crippen LogP contribution in [-0.2, 0) is 13.1 Å². The second kappa shape index (κ2) is 9.65. The van der Waals surface area contributed by atoms with Crippen molar-refractivity contribution in [2.24, 2.45) is 0 Å². The number of hydrogen-bond acceptors (Lipinski definition) is 4. The number of amides is 1. The molecular formula is C27H30N6O. The van der Waals surface area contributed by atoms with Gasteiger partial charge in [-0.2, -0.15) is 10.2 Å². The minimum absolute atomic E-state index is 0.103. The molecule has 1 amide bonds. The molecule has 0 radical (unpaired) electrons. The third-order valence-electron chi connectivity index (χ3n) is 6.56. The van der Waals surface area contributed by atoms with Gasteiger partial charge in [0.1, 0.15) is 0 Å². The molecule has 7 nitrogen and oxygen atoms in total. The van der Waals surface area contributed by atoms with Gasteiger partial charge in [0.15, 0.2) is 0 Å². The SMILES string of the molecule is Cc1nn(-c2ccccc2)c(C)c1CN1CCN(C(=O)c2cccc(Cn3cccn3)c2)CC1. The van der Waals surface area contributed by atoms with Crippen LogP contribution >= 0.6 is 0 Å². The molecule has 3 heterocycles. The van der Waals surface area contributed by atoms with E-state index in [0.717, 1.165) is 55.2 Å². The summed E-state index contributed by atoms with van der Waals surface area (Å²) >= 11 is 0. The zero-order valence-electron chi connectivity index (χ0n) is 19.8. The van der Waals surface area contributed by atoms with Crippen molar-refractivity contribution in [3.8, 4) is 5.69 Å². The summed E-state index contributed by atoms with van der Waals surface area (Å²) in [7, 11) is 0. The number of hydrogen-bond donors (Lipinski definition) is 0. The highest BCUT2D eigenvalue weighted by atomic mass is 16.2. The molecule has 2 aromatic heterocycles. The van der Waals surface area contributed by atoms with Gasteiger partial charge in [-0.1, -0.05) is 30.3 Å². The van der Waals surface area contributed by atoms with Crippen LogP contribution in [0.1, 0.15) is 32.9 Å². The number of aryl methyl sites for hydroxylation is 1. The second-order valence-corrected chi connectivity index (χ2v) is 8.87. The molecule has 0 N–H and O–H groups in total. The molecule has 2 aromatic carbocycles. The number of carbonyl (C=O) groups excluding carboxylic acids is 1. The first-order chi connectivity index (χ1) is 16.6. The molecule has 1 aliphatic rings. The number of carbonyl (C=O) groups is 1. The first kappa shape index (κ1) is 22.1. The van der Waals surface area contributed by atoms with E-state index in [1.807, 2.05) is 69.0 Å². The van der Waals surface area contributed by atoms with Gasteiger partial charge in [-0.3, -0.25) is 14.4 Å². The molecule has 5 rings (SSSR count). The van der Waals surface area contributed by atoms with Gasteiger partial charge in [-0.15, -0.1) is 0 Å². The predicted octanol–water partition coefficient (Wildman–Crippen LogP) is 3.69. The summed E-state index contributed by atoms with van der Waals surface area (Å²) in [5.74, 6) is 0.103. The van der Waals surface area contributed by atoms with Crippen molar-refractivity contribution in [1.29, 1.82) is 0 Å².